The van der Waals surface area contributed by atoms with Crippen LogP contribution in [0.4, 0.5) is 0 Å². The van der Waals surface area contributed by atoms with Crippen LogP contribution in [0.1, 0.15) is 45.5 Å². The van der Waals surface area contributed by atoms with Gasteiger partial charge in [-0.05, 0) is 35.7 Å². The third kappa shape index (κ3) is 2.60. The van der Waals surface area contributed by atoms with E-state index in [2.05, 4.69) is 58.7 Å². The van der Waals surface area contributed by atoms with Gasteiger partial charge in [-0.1, -0.05) is 20.8 Å². The minimum atomic E-state index is -0.185. The van der Waals surface area contributed by atoms with Crippen LogP contribution in [-0.2, 0) is 19.5 Å². The van der Waals surface area contributed by atoms with Gasteiger partial charge in [0.2, 0.25) is 0 Å². The summed E-state index contributed by atoms with van der Waals surface area (Å²) < 4.78 is 3.18. The fraction of sp³-hybridized carbons (Fsp3) is 0.786. The molecule has 1 aliphatic rings. The average Bonchev–Trinajstić information content (AvgIpc) is 2.70. The van der Waals surface area contributed by atoms with Crippen LogP contribution in [0.3, 0.4) is 0 Å². The van der Waals surface area contributed by atoms with E-state index in [1.165, 1.54) is 5.69 Å². The van der Waals surface area contributed by atoms with E-state index in [1.807, 2.05) is 0 Å². The maximum absolute atomic E-state index is 9.77. The molecule has 0 bridgehead atoms. The number of aliphatic hydroxyl groups is 1. The molecule has 0 spiro atoms. The molecule has 19 heavy (non-hydrogen) atoms. The van der Waals surface area contributed by atoms with E-state index in [9.17, 15) is 5.11 Å². The SMILES string of the molecule is CCc1nn(CC)c(CNC2CC(O)C2(C)C)c1Br. The summed E-state index contributed by atoms with van der Waals surface area (Å²) in [6, 6.07) is 0.375. The summed E-state index contributed by atoms with van der Waals surface area (Å²) in [4.78, 5) is 0. The van der Waals surface area contributed by atoms with Gasteiger partial charge in [0.05, 0.1) is 22.0 Å². The lowest BCUT2D eigenvalue weighted by atomic mass is 9.64. The predicted molar refractivity (Wildman–Crippen MR) is 80.0 cm³/mol. The van der Waals surface area contributed by atoms with Crippen molar-refractivity contribution in [2.24, 2.45) is 5.41 Å². The second-order valence-corrected chi connectivity index (χ2v) is 6.68. The average molecular weight is 330 g/mol. The fourth-order valence-corrected chi connectivity index (χ4v) is 3.36. The molecule has 1 aliphatic carbocycles. The van der Waals surface area contributed by atoms with Gasteiger partial charge in [0, 0.05) is 24.5 Å². The fourth-order valence-electron chi connectivity index (χ4n) is 2.65. The second-order valence-electron chi connectivity index (χ2n) is 5.88. The van der Waals surface area contributed by atoms with E-state index in [1.54, 1.807) is 0 Å². The standard InChI is InChI=1S/C14H24BrN3O/c1-5-9-13(15)10(18(6-2)17-9)8-16-11-7-12(19)14(11,3)4/h11-12,16,19H,5-8H2,1-4H3. The number of nitrogens with zero attached hydrogens (tertiary/aromatic N) is 2. The maximum Gasteiger partial charge on any atom is 0.0767 e. The topological polar surface area (TPSA) is 50.1 Å². The van der Waals surface area contributed by atoms with E-state index in [0.717, 1.165) is 36.1 Å². The zero-order valence-corrected chi connectivity index (χ0v) is 13.8. The highest BCUT2D eigenvalue weighted by atomic mass is 79.9. The lowest BCUT2D eigenvalue weighted by Gasteiger charge is -2.49. The number of halogens is 1. The lowest BCUT2D eigenvalue weighted by molar-refractivity contribution is -0.0731. The highest BCUT2D eigenvalue weighted by Gasteiger charge is 2.46. The van der Waals surface area contributed by atoms with Gasteiger partial charge in [0.15, 0.2) is 0 Å². The maximum atomic E-state index is 9.77. The molecular formula is C14H24BrN3O. The van der Waals surface area contributed by atoms with Gasteiger partial charge in [0.1, 0.15) is 0 Å². The Balaban J connectivity index is 2.06. The van der Waals surface area contributed by atoms with Gasteiger partial charge in [-0.3, -0.25) is 4.68 Å². The summed E-state index contributed by atoms with van der Waals surface area (Å²) in [7, 11) is 0. The molecule has 0 saturated heterocycles. The van der Waals surface area contributed by atoms with Gasteiger partial charge >= 0.3 is 0 Å². The quantitative estimate of drug-likeness (QED) is 0.872. The molecule has 1 heterocycles. The molecular weight excluding hydrogens is 306 g/mol. The third-order valence-electron chi connectivity index (χ3n) is 4.43. The first-order valence-corrected chi connectivity index (χ1v) is 7.86. The molecule has 2 atom stereocenters. The molecule has 1 fully saturated rings. The van der Waals surface area contributed by atoms with Crippen molar-refractivity contribution in [1.82, 2.24) is 15.1 Å². The van der Waals surface area contributed by atoms with E-state index < -0.39 is 0 Å². The largest absolute Gasteiger partial charge is 0.392 e. The van der Waals surface area contributed by atoms with Gasteiger partial charge in [-0.15, -0.1) is 0 Å². The van der Waals surface area contributed by atoms with E-state index in [4.69, 9.17) is 0 Å². The van der Waals surface area contributed by atoms with Gasteiger partial charge in [0.25, 0.3) is 0 Å². The summed E-state index contributed by atoms with van der Waals surface area (Å²) in [5.74, 6) is 0. The molecule has 108 valence electrons. The zero-order valence-electron chi connectivity index (χ0n) is 12.2. The molecule has 1 aromatic heterocycles. The van der Waals surface area contributed by atoms with Crippen LogP contribution in [0, 0.1) is 5.41 Å². The molecule has 0 aromatic carbocycles. The van der Waals surface area contributed by atoms with Crippen molar-refractivity contribution in [3.05, 3.63) is 15.9 Å². The summed E-state index contributed by atoms with van der Waals surface area (Å²) in [5.41, 5.74) is 2.29. The molecule has 0 aliphatic heterocycles. The van der Waals surface area contributed by atoms with Gasteiger partial charge < -0.3 is 10.4 Å². The van der Waals surface area contributed by atoms with Crippen molar-refractivity contribution in [3.8, 4) is 0 Å². The minimum absolute atomic E-state index is 0.0306. The molecule has 0 radical (unpaired) electrons. The van der Waals surface area contributed by atoms with Crippen LogP contribution in [-0.4, -0.2) is 27.0 Å². The highest BCUT2D eigenvalue weighted by molar-refractivity contribution is 9.10. The van der Waals surface area contributed by atoms with Crippen LogP contribution in [0.15, 0.2) is 4.47 Å². The van der Waals surface area contributed by atoms with E-state index >= 15 is 0 Å². The van der Waals surface area contributed by atoms with Gasteiger partial charge in [-0.2, -0.15) is 5.10 Å². The second kappa shape index (κ2) is 5.54. The highest BCUT2D eigenvalue weighted by Crippen LogP contribution is 2.40. The van der Waals surface area contributed by atoms with E-state index in [0.29, 0.717) is 6.04 Å². The molecule has 1 saturated carbocycles. The molecule has 2 rings (SSSR count). The van der Waals surface area contributed by atoms with Crippen molar-refractivity contribution in [1.29, 1.82) is 0 Å². The Morgan fingerprint density at radius 3 is 2.63 bits per heavy atom. The molecule has 5 heteroatoms. The first-order chi connectivity index (χ1) is 8.91. The minimum Gasteiger partial charge on any atom is -0.392 e. The number of nitrogens with one attached hydrogen (secondary N) is 1. The molecule has 4 nitrogen and oxygen atoms in total. The van der Waals surface area contributed by atoms with Crippen LogP contribution < -0.4 is 5.32 Å². The molecule has 2 unspecified atom stereocenters. The summed E-state index contributed by atoms with van der Waals surface area (Å²) in [5, 5.41) is 17.9. The van der Waals surface area contributed by atoms with Gasteiger partial charge in [-0.25, -0.2) is 0 Å². The Kier molecular flexibility index (Phi) is 4.38. The molecule has 2 N–H and O–H groups in total. The third-order valence-corrected chi connectivity index (χ3v) is 5.34. The van der Waals surface area contributed by atoms with Crippen molar-refractivity contribution in [2.75, 3.05) is 0 Å². The number of hydrogen-bond donors (Lipinski definition) is 2. The Morgan fingerprint density at radius 1 is 1.47 bits per heavy atom. The monoisotopic (exact) mass is 329 g/mol. The first-order valence-electron chi connectivity index (χ1n) is 7.07. The summed E-state index contributed by atoms with van der Waals surface area (Å²) >= 11 is 3.66. The molecule has 1 aromatic rings. The van der Waals surface area contributed by atoms with Crippen LogP contribution in [0.2, 0.25) is 0 Å². The summed E-state index contributed by atoms with van der Waals surface area (Å²) in [6.07, 6.45) is 1.59. The first kappa shape index (κ1) is 15.0. The Hall–Kier alpha value is -0.390. The Labute approximate surface area is 123 Å². The molecule has 0 amide bonds. The van der Waals surface area contributed by atoms with Crippen molar-refractivity contribution >= 4 is 15.9 Å². The van der Waals surface area contributed by atoms with Crippen molar-refractivity contribution in [2.45, 2.75) is 65.8 Å². The zero-order chi connectivity index (χ0) is 14.2. The van der Waals surface area contributed by atoms with Crippen LogP contribution in [0.5, 0.6) is 0 Å². The predicted octanol–water partition coefficient (Wildman–Crippen LogP) is 2.48. The number of rotatable bonds is 5. The Bertz CT molecular complexity index is 456. The number of aryl methyl sites for hydroxylation is 2. The van der Waals surface area contributed by atoms with Crippen LogP contribution in [0.25, 0.3) is 0 Å². The van der Waals surface area contributed by atoms with Crippen molar-refractivity contribution in [3.63, 3.8) is 0 Å². The Morgan fingerprint density at radius 2 is 2.16 bits per heavy atom. The lowest BCUT2D eigenvalue weighted by Crippen LogP contribution is -2.59. The summed E-state index contributed by atoms with van der Waals surface area (Å²) in [6.45, 7) is 10.1. The van der Waals surface area contributed by atoms with Crippen LogP contribution >= 0.6 is 15.9 Å². The van der Waals surface area contributed by atoms with Crippen molar-refractivity contribution < 1.29 is 5.11 Å². The smallest absolute Gasteiger partial charge is 0.0767 e. The van der Waals surface area contributed by atoms with E-state index in [-0.39, 0.29) is 11.5 Å². The number of aromatic nitrogens is 2. The normalized spacial score (nSPS) is 25.4. The number of hydrogen-bond acceptors (Lipinski definition) is 3. The number of aliphatic hydroxyl groups excluding tert-OH is 1.